The van der Waals surface area contributed by atoms with Gasteiger partial charge in [-0.05, 0) is 24.6 Å². The maximum Gasteiger partial charge on any atom is 0.414 e. The number of hydrogen-bond acceptors (Lipinski definition) is 7. The molecule has 0 N–H and O–H groups in total. The summed E-state index contributed by atoms with van der Waals surface area (Å²) in [7, 11) is -2.77. The average Bonchev–Trinajstić information content (AvgIpc) is 2.86. The Morgan fingerprint density at radius 2 is 2.08 bits per heavy atom. The Hall–Kier alpha value is -1.91. The summed E-state index contributed by atoms with van der Waals surface area (Å²) in [5, 5.41) is 0. The van der Waals surface area contributed by atoms with E-state index in [4.69, 9.17) is 9.47 Å². The van der Waals surface area contributed by atoms with Gasteiger partial charge in [0.15, 0.2) is 0 Å². The summed E-state index contributed by atoms with van der Waals surface area (Å²) < 4.78 is 56.6. The van der Waals surface area contributed by atoms with Gasteiger partial charge in [-0.1, -0.05) is 0 Å². The van der Waals surface area contributed by atoms with Crippen molar-refractivity contribution in [2.24, 2.45) is 0 Å². The second-order valence-electron chi connectivity index (χ2n) is 6.07. The molecule has 1 amide bonds. The molecule has 138 valence electrons. The van der Waals surface area contributed by atoms with Gasteiger partial charge in [0, 0.05) is 26.0 Å². The number of halogens is 1. The molecule has 2 aliphatic heterocycles. The molecule has 0 spiro atoms. The second kappa shape index (κ2) is 6.77. The standard InChI is InChI=1S/C15H19FN2O6S/c1-23-12-7-17(8-12)14-3-2-10(6-13(14)16)18-9-11(24-15(18)19)4-5-25(20,21)22/h2-3,6,11-12H,4-5,7-9H2,1H3,(H,20,21,22)/p-1/t11-/m1/s1. The highest BCUT2D eigenvalue weighted by molar-refractivity contribution is 7.85. The van der Waals surface area contributed by atoms with Crippen molar-refractivity contribution in [2.75, 3.05) is 42.3 Å². The molecule has 0 aliphatic carbocycles. The summed E-state index contributed by atoms with van der Waals surface area (Å²) >= 11 is 0. The van der Waals surface area contributed by atoms with Crippen molar-refractivity contribution in [3.8, 4) is 0 Å². The maximum atomic E-state index is 14.4. The average molecular weight is 373 g/mol. The summed E-state index contributed by atoms with van der Waals surface area (Å²) in [6, 6.07) is 4.43. The van der Waals surface area contributed by atoms with Crippen LogP contribution in [0.4, 0.5) is 20.6 Å². The summed E-state index contributed by atoms with van der Waals surface area (Å²) in [4.78, 5) is 15.0. The number of rotatable bonds is 6. The molecular formula is C15H18FN2O6S-. The van der Waals surface area contributed by atoms with Crippen molar-refractivity contribution in [1.82, 2.24) is 0 Å². The predicted octanol–water partition coefficient (Wildman–Crippen LogP) is 0.921. The van der Waals surface area contributed by atoms with Gasteiger partial charge >= 0.3 is 6.09 Å². The Balaban J connectivity index is 1.66. The number of amides is 1. The lowest BCUT2D eigenvalue weighted by Gasteiger charge is -2.40. The normalized spacial score (nSPS) is 21.4. The topological polar surface area (TPSA) is 99.2 Å². The van der Waals surface area contributed by atoms with Gasteiger partial charge in [-0.25, -0.2) is 17.6 Å². The first-order valence-corrected chi connectivity index (χ1v) is 9.33. The monoisotopic (exact) mass is 373 g/mol. The molecular weight excluding hydrogens is 355 g/mol. The van der Waals surface area contributed by atoms with Crippen LogP contribution >= 0.6 is 0 Å². The number of cyclic esters (lactones) is 1. The van der Waals surface area contributed by atoms with E-state index < -0.39 is 33.9 Å². The van der Waals surface area contributed by atoms with Crippen molar-refractivity contribution in [3.63, 3.8) is 0 Å². The van der Waals surface area contributed by atoms with E-state index in [0.29, 0.717) is 24.5 Å². The third-order valence-corrected chi connectivity index (χ3v) is 5.06. The molecule has 0 bridgehead atoms. The first-order valence-electron chi connectivity index (χ1n) is 7.76. The Labute approximate surface area is 144 Å². The van der Waals surface area contributed by atoms with Crippen LogP contribution in [0.5, 0.6) is 0 Å². The van der Waals surface area contributed by atoms with Crippen LogP contribution < -0.4 is 9.80 Å². The van der Waals surface area contributed by atoms with E-state index in [0.717, 1.165) is 0 Å². The molecule has 8 nitrogen and oxygen atoms in total. The van der Waals surface area contributed by atoms with Gasteiger partial charge in [0.05, 0.1) is 34.1 Å². The summed E-state index contributed by atoms with van der Waals surface area (Å²) in [6.07, 6.45) is -1.40. The minimum Gasteiger partial charge on any atom is -0.748 e. The zero-order valence-electron chi connectivity index (χ0n) is 13.6. The van der Waals surface area contributed by atoms with E-state index in [1.165, 1.54) is 11.0 Å². The zero-order valence-corrected chi connectivity index (χ0v) is 14.4. The van der Waals surface area contributed by atoms with E-state index in [1.54, 1.807) is 19.2 Å². The molecule has 0 saturated carbocycles. The third-order valence-electron chi connectivity index (χ3n) is 4.33. The second-order valence-corrected chi connectivity index (χ2v) is 7.59. The molecule has 2 saturated heterocycles. The van der Waals surface area contributed by atoms with Crippen molar-refractivity contribution < 1.29 is 31.6 Å². The van der Waals surface area contributed by atoms with Crippen molar-refractivity contribution in [3.05, 3.63) is 24.0 Å². The van der Waals surface area contributed by atoms with Gasteiger partial charge in [-0.2, -0.15) is 0 Å². The first-order chi connectivity index (χ1) is 11.8. The highest BCUT2D eigenvalue weighted by Gasteiger charge is 2.34. The molecule has 1 atom stereocenters. The molecule has 10 heteroatoms. The van der Waals surface area contributed by atoms with Gasteiger partial charge in [0.2, 0.25) is 0 Å². The minimum atomic E-state index is -4.37. The largest absolute Gasteiger partial charge is 0.748 e. The fourth-order valence-electron chi connectivity index (χ4n) is 2.86. The van der Waals surface area contributed by atoms with Crippen LogP contribution in [0, 0.1) is 5.82 Å². The van der Waals surface area contributed by atoms with Gasteiger partial charge in [0.1, 0.15) is 11.9 Å². The Bertz CT molecular complexity index is 765. The SMILES string of the molecule is COC1CN(c2ccc(N3C[C@@H](CCS(=O)(=O)[O-])OC3=O)cc2F)C1. The number of benzene rings is 1. The van der Waals surface area contributed by atoms with Crippen LogP contribution in [0.15, 0.2) is 18.2 Å². The Morgan fingerprint density at radius 3 is 2.68 bits per heavy atom. The molecule has 2 aliphatic rings. The van der Waals surface area contributed by atoms with Crippen LogP contribution in [0.25, 0.3) is 0 Å². The van der Waals surface area contributed by atoms with Crippen molar-refractivity contribution in [1.29, 1.82) is 0 Å². The maximum absolute atomic E-state index is 14.4. The molecule has 0 radical (unpaired) electrons. The molecule has 2 heterocycles. The Kier molecular flexibility index (Phi) is 4.85. The van der Waals surface area contributed by atoms with Crippen molar-refractivity contribution >= 4 is 27.6 Å². The molecule has 1 aromatic rings. The Morgan fingerprint density at radius 1 is 1.36 bits per heavy atom. The summed E-state index contributed by atoms with van der Waals surface area (Å²) in [5.74, 6) is -1.08. The van der Waals surface area contributed by atoms with Gasteiger partial charge in [-0.15, -0.1) is 0 Å². The number of anilines is 2. The highest BCUT2D eigenvalue weighted by Crippen LogP contribution is 2.30. The fourth-order valence-corrected chi connectivity index (χ4v) is 3.41. The molecule has 0 aromatic heterocycles. The van der Waals surface area contributed by atoms with E-state index in [2.05, 4.69) is 0 Å². The molecule has 25 heavy (non-hydrogen) atoms. The number of ether oxygens (including phenoxy) is 2. The zero-order chi connectivity index (χ0) is 18.2. The van der Waals surface area contributed by atoms with Crippen LogP contribution in [0.3, 0.4) is 0 Å². The smallest absolute Gasteiger partial charge is 0.414 e. The molecule has 1 aromatic carbocycles. The molecule has 2 fully saturated rings. The van der Waals surface area contributed by atoms with Crippen LogP contribution in [-0.4, -0.2) is 63.8 Å². The summed E-state index contributed by atoms with van der Waals surface area (Å²) in [5.41, 5.74) is 0.751. The first kappa shape index (κ1) is 17.9. The van der Waals surface area contributed by atoms with E-state index in [-0.39, 0.29) is 19.1 Å². The lowest BCUT2D eigenvalue weighted by Crippen LogP contribution is -2.52. The van der Waals surface area contributed by atoms with E-state index in [9.17, 15) is 22.2 Å². The number of nitrogens with zero attached hydrogens (tertiary/aromatic N) is 2. The lowest BCUT2D eigenvalue weighted by molar-refractivity contribution is 0.0784. The molecule has 0 unspecified atom stereocenters. The van der Waals surface area contributed by atoms with Crippen LogP contribution in [0.1, 0.15) is 6.42 Å². The van der Waals surface area contributed by atoms with Gasteiger partial charge in [0.25, 0.3) is 0 Å². The number of hydrogen-bond donors (Lipinski definition) is 0. The quantitative estimate of drug-likeness (QED) is 0.684. The van der Waals surface area contributed by atoms with Gasteiger partial charge < -0.3 is 18.9 Å². The highest BCUT2D eigenvalue weighted by atomic mass is 32.2. The minimum absolute atomic E-state index is 0.0720. The molecule has 3 rings (SSSR count). The number of carbonyl (C=O) groups is 1. The van der Waals surface area contributed by atoms with E-state index >= 15 is 0 Å². The van der Waals surface area contributed by atoms with Crippen LogP contribution in [0.2, 0.25) is 0 Å². The number of carbonyl (C=O) groups excluding carboxylic acids is 1. The lowest BCUT2D eigenvalue weighted by atomic mass is 10.1. The summed E-state index contributed by atoms with van der Waals surface area (Å²) in [6.45, 7) is 1.27. The predicted molar refractivity (Wildman–Crippen MR) is 86.2 cm³/mol. The third kappa shape index (κ3) is 4.02. The van der Waals surface area contributed by atoms with E-state index in [1.807, 2.05) is 4.90 Å². The van der Waals surface area contributed by atoms with Crippen molar-refractivity contribution in [2.45, 2.75) is 18.6 Å². The van der Waals surface area contributed by atoms with Gasteiger partial charge in [-0.3, -0.25) is 4.90 Å². The van der Waals surface area contributed by atoms with Crippen LogP contribution in [-0.2, 0) is 19.6 Å². The fraction of sp³-hybridized carbons (Fsp3) is 0.533. The number of methoxy groups -OCH3 is 1.